The number of carbonyl (C=O) groups is 2. The van der Waals surface area contributed by atoms with Crippen LogP contribution in [0.2, 0.25) is 0 Å². The molecule has 0 heterocycles. The largest absolute Gasteiger partial charge is 0.481 e. The molecule has 0 aliphatic heterocycles. The summed E-state index contributed by atoms with van der Waals surface area (Å²) in [7, 11) is 0. The predicted octanol–water partition coefficient (Wildman–Crippen LogP) is 2.64. The first-order valence-corrected chi connectivity index (χ1v) is 5.84. The van der Waals surface area contributed by atoms with Crippen LogP contribution in [0.3, 0.4) is 0 Å². The fraction of sp³-hybridized carbons (Fsp3) is 0.833. The third-order valence-corrected chi connectivity index (χ3v) is 3.29. The maximum Gasteiger partial charge on any atom is 0.303 e. The molecule has 3 heteroatoms. The van der Waals surface area contributed by atoms with Gasteiger partial charge in [-0.1, -0.05) is 19.8 Å². The SMILES string of the molecule is C[C@H]1CC[C@H](C(=O)CCCC(=O)O)CC1. The first kappa shape index (κ1) is 12.2. The average Bonchev–Trinajstić information content (AvgIpc) is 2.18. The van der Waals surface area contributed by atoms with Crippen molar-refractivity contribution in [2.45, 2.75) is 51.9 Å². The van der Waals surface area contributed by atoms with Crippen molar-refractivity contribution in [3.63, 3.8) is 0 Å². The summed E-state index contributed by atoms with van der Waals surface area (Å²) < 4.78 is 0. The van der Waals surface area contributed by atoms with E-state index >= 15 is 0 Å². The molecule has 0 aromatic rings. The van der Waals surface area contributed by atoms with Gasteiger partial charge in [-0.15, -0.1) is 0 Å². The van der Waals surface area contributed by atoms with Crippen LogP contribution in [0.4, 0.5) is 0 Å². The maximum absolute atomic E-state index is 11.7. The Labute approximate surface area is 90.9 Å². The second kappa shape index (κ2) is 5.89. The zero-order valence-corrected chi connectivity index (χ0v) is 9.37. The number of hydrogen-bond donors (Lipinski definition) is 1. The van der Waals surface area contributed by atoms with Crippen LogP contribution in [0.15, 0.2) is 0 Å². The van der Waals surface area contributed by atoms with Gasteiger partial charge in [0.1, 0.15) is 5.78 Å². The van der Waals surface area contributed by atoms with Gasteiger partial charge >= 0.3 is 5.97 Å². The molecule has 1 aliphatic rings. The van der Waals surface area contributed by atoms with Gasteiger partial charge in [-0.3, -0.25) is 9.59 Å². The number of carboxylic acid groups (broad SMARTS) is 1. The summed E-state index contributed by atoms with van der Waals surface area (Å²) in [5, 5.41) is 8.46. The number of carboxylic acids is 1. The van der Waals surface area contributed by atoms with Crippen LogP contribution in [0, 0.1) is 11.8 Å². The molecule has 15 heavy (non-hydrogen) atoms. The summed E-state index contributed by atoms with van der Waals surface area (Å²) >= 11 is 0. The molecular weight excluding hydrogens is 192 g/mol. The molecule has 1 saturated carbocycles. The van der Waals surface area contributed by atoms with E-state index in [1.54, 1.807) is 0 Å². The number of hydrogen-bond acceptors (Lipinski definition) is 2. The van der Waals surface area contributed by atoms with E-state index in [0.29, 0.717) is 12.8 Å². The van der Waals surface area contributed by atoms with E-state index in [-0.39, 0.29) is 18.1 Å². The molecule has 86 valence electrons. The van der Waals surface area contributed by atoms with Crippen molar-refractivity contribution in [3.8, 4) is 0 Å². The maximum atomic E-state index is 11.7. The van der Waals surface area contributed by atoms with Crippen molar-refractivity contribution in [2.24, 2.45) is 11.8 Å². The Balaban J connectivity index is 2.19. The van der Waals surface area contributed by atoms with Gasteiger partial charge < -0.3 is 5.11 Å². The minimum Gasteiger partial charge on any atom is -0.481 e. The fourth-order valence-corrected chi connectivity index (χ4v) is 2.20. The number of carbonyl (C=O) groups excluding carboxylic acids is 1. The lowest BCUT2D eigenvalue weighted by atomic mass is 9.80. The molecule has 1 fully saturated rings. The molecule has 1 aliphatic carbocycles. The number of ketones is 1. The molecule has 0 saturated heterocycles. The molecule has 1 N–H and O–H groups in total. The minimum atomic E-state index is -0.805. The van der Waals surface area contributed by atoms with Crippen LogP contribution in [-0.4, -0.2) is 16.9 Å². The molecule has 0 aromatic heterocycles. The summed E-state index contributed by atoms with van der Waals surface area (Å²) in [6.45, 7) is 2.23. The first-order valence-electron chi connectivity index (χ1n) is 5.84. The Morgan fingerprint density at radius 1 is 1.13 bits per heavy atom. The first-order chi connectivity index (χ1) is 7.09. The standard InChI is InChI=1S/C12H20O3/c1-9-5-7-10(8-6-9)11(13)3-2-4-12(14)15/h9-10H,2-8H2,1H3,(H,14,15)/t9-,10-. The van der Waals surface area contributed by atoms with Crippen LogP contribution >= 0.6 is 0 Å². The quantitative estimate of drug-likeness (QED) is 0.762. The molecule has 0 radical (unpaired) electrons. The van der Waals surface area contributed by atoms with Gasteiger partial charge in [0.2, 0.25) is 0 Å². The number of aliphatic carboxylic acids is 1. The van der Waals surface area contributed by atoms with Crippen molar-refractivity contribution in [1.82, 2.24) is 0 Å². The van der Waals surface area contributed by atoms with Gasteiger partial charge in [-0.25, -0.2) is 0 Å². The normalized spacial score (nSPS) is 26.2. The Morgan fingerprint density at radius 2 is 1.73 bits per heavy atom. The Hall–Kier alpha value is -0.860. The van der Waals surface area contributed by atoms with Gasteiger partial charge in [0, 0.05) is 18.8 Å². The van der Waals surface area contributed by atoms with Crippen LogP contribution in [0.1, 0.15) is 51.9 Å². The van der Waals surface area contributed by atoms with Crippen molar-refractivity contribution >= 4 is 11.8 Å². The van der Waals surface area contributed by atoms with Gasteiger partial charge in [0.25, 0.3) is 0 Å². The number of Topliss-reactive ketones (excluding diaryl/α,β-unsaturated/α-hetero) is 1. The third-order valence-electron chi connectivity index (χ3n) is 3.29. The van der Waals surface area contributed by atoms with Crippen LogP contribution < -0.4 is 0 Å². The highest BCUT2D eigenvalue weighted by atomic mass is 16.4. The predicted molar refractivity (Wildman–Crippen MR) is 57.6 cm³/mol. The summed E-state index contributed by atoms with van der Waals surface area (Å²) in [6.07, 6.45) is 5.38. The van der Waals surface area contributed by atoms with E-state index in [1.807, 2.05) is 0 Å². The van der Waals surface area contributed by atoms with E-state index in [1.165, 1.54) is 0 Å². The smallest absolute Gasteiger partial charge is 0.303 e. The van der Waals surface area contributed by atoms with E-state index in [9.17, 15) is 9.59 Å². The van der Waals surface area contributed by atoms with Crippen LogP contribution in [0.25, 0.3) is 0 Å². The van der Waals surface area contributed by atoms with Crippen molar-refractivity contribution < 1.29 is 14.7 Å². The molecule has 3 nitrogen and oxygen atoms in total. The molecule has 0 atom stereocenters. The monoisotopic (exact) mass is 212 g/mol. The molecule has 0 amide bonds. The second-order valence-corrected chi connectivity index (χ2v) is 4.67. The van der Waals surface area contributed by atoms with Crippen LogP contribution in [0.5, 0.6) is 0 Å². The molecular formula is C12H20O3. The summed E-state index contributed by atoms with van der Waals surface area (Å²) in [5.74, 6) is 0.450. The van der Waals surface area contributed by atoms with Gasteiger partial charge in [-0.2, -0.15) is 0 Å². The van der Waals surface area contributed by atoms with E-state index < -0.39 is 5.97 Å². The van der Waals surface area contributed by atoms with Crippen LogP contribution in [-0.2, 0) is 9.59 Å². The Bertz CT molecular complexity index is 227. The van der Waals surface area contributed by atoms with E-state index in [4.69, 9.17) is 5.11 Å². The zero-order chi connectivity index (χ0) is 11.3. The van der Waals surface area contributed by atoms with E-state index in [2.05, 4.69) is 6.92 Å². The highest BCUT2D eigenvalue weighted by Gasteiger charge is 2.23. The summed E-state index contributed by atoms with van der Waals surface area (Å²) in [5.41, 5.74) is 0. The molecule has 0 spiro atoms. The fourth-order valence-electron chi connectivity index (χ4n) is 2.20. The summed E-state index contributed by atoms with van der Waals surface area (Å²) in [4.78, 5) is 22.0. The molecule has 0 bridgehead atoms. The highest BCUT2D eigenvalue weighted by Crippen LogP contribution is 2.29. The second-order valence-electron chi connectivity index (χ2n) is 4.67. The summed E-state index contributed by atoms with van der Waals surface area (Å²) in [6, 6.07) is 0. The molecule has 0 aromatic carbocycles. The number of rotatable bonds is 5. The van der Waals surface area contributed by atoms with Crippen molar-refractivity contribution in [2.75, 3.05) is 0 Å². The Morgan fingerprint density at radius 3 is 2.27 bits per heavy atom. The highest BCUT2D eigenvalue weighted by molar-refractivity contribution is 5.81. The lowest BCUT2D eigenvalue weighted by Crippen LogP contribution is -2.20. The third kappa shape index (κ3) is 4.45. The van der Waals surface area contributed by atoms with Crippen molar-refractivity contribution in [1.29, 1.82) is 0 Å². The molecule has 1 rings (SSSR count). The van der Waals surface area contributed by atoms with Gasteiger partial charge in [0.15, 0.2) is 0 Å². The average molecular weight is 212 g/mol. The van der Waals surface area contributed by atoms with Gasteiger partial charge in [0.05, 0.1) is 0 Å². The lowest BCUT2D eigenvalue weighted by molar-refractivity contribution is -0.137. The van der Waals surface area contributed by atoms with E-state index in [0.717, 1.165) is 31.6 Å². The molecule has 0 unspecified atom stereocenters. The zero-order valence-electron chi connectivity index (χ0n) is 9.37. The van der Waals surface area contributed by atoms with Gasteiger partial charge in [-0.05, 0) is 25.2 Å². The van der Waals surface area contributed by atoms with Crippen molar-refractivity contribution in [3.05, 3.63) is 0 Å². The lowest BCUT2D eigenvalue weighted by Gasteiger charge is -2.24. The Kier molecular flexibility index (Phi) is 4.79. The topological polar surface area (TPSA) is 54.4 Å². The minimum absolute atomic E-state index is 0.120.